The number of nitrogens with zero attached hydrogens (tertiary/aromatic N) is 2. The van der Waals surface area contributed by atoms with Gasteiger partial charge in [-0.05, 0) is 35.4 Å². The first kappa shape index (κ1) is 17.0. The lowest BCUT2D eigenvalue weighted by Gasteiger charge is -2.26. The number of sulfonamides is 1. The van der Waals surface area contributed by atoms with Gasteiger partial charge in [-0.1, -0.05) is 12.1 Å². The summed E-state index contributed by atoms with van der Waals surface area (Å²) in [6.45, 7) is 4.21. The fourth-order valence-electron chi connectivity index (χ4n) is 2.62. The average molecular weight is 347 g/mol. The van der Waals surface area contributed by atoms with E-state index < -0.39 is 10.0 Å². The molecule has 0 amide bonds. The lowest BCUT2D eigenvalue weighted by molar-refractivity contribution is 0.0390. The Hall–Kier alpha value is -1.80. The van der Waals surface area contributed by atoms with Gasteiger partial charge in [0.1, 0.15) is 0 Å². The summed E-state index contributed by atoms with van der Waals surface area (Å²) in [5, 5.41) is 0. The first-order valence-corrected chi connectivity index (χ1v) is 9.44. The SMILES string of the molecule is O=S(=O)(NCCN1CCOCC1)c1ccc(-c2ccncc2)cc1. The Kier molecular flexibility index (Phi) is 5.57. The number of nitrogens with one attached hydrogen (secondary N) is 1. The van der Waals surface area contributed by atoms with Crippen molar-refractivity contribution in [2.24, 2.45) is 0 Å². The van der Waals surface area contributed by atoms with Crippen LogP contribution in [0.25, 0.3) is 11.1 Å². The Balaban J connectivity index is 1.60. The minimum atomic E-state index is -3.48. The molecule has 0 bridgehead atoms. The van der Waals surface area contributed by atoms with E-state index in [9.17, 15) is 8.42 Å². The topological polar surface area (TPSA) is 71.5 Å². The molecular formula is C17H21N3O3S. The normalized spacial score (nSPS) is 16.2. The predicted octanol–water partition coefficient (Wildman–Crippen LogP) is 1.36. The molecule has 0 spiro atoms. The van der Waals surface area contributed by atoms with Crippen LogP contribution in [0.1, 0.15) is 0 Å². The van der Waals surface area contributed by atoms with Gasteiger partial charge in [0, 0.05) is 38.6 Å². The Morgan fingerprint density at radius 2 is 1.62 bits per heavy atom. The zero-order valence-electron chi connectivity index (χ0n) is 13.4. The van der Waals surface area contributed by atoms with E-state index in [1.54, 1.807) is 24.5 Å². The summed E-state index contributed by atoms with van der Waals surface area (Å²) < 4.78 is 32.7. The summed E-state index contributed by atoms with van der Waals surface area (Å²) in [6, 6.07) is 10.7. The maximum Gasteiger partial charge on any atom is 0.240 e. The van der Waals surface area contributed by atoms with Gasteiger partial charge >= 0.3 is 0 Å². The molecule has 7 heteroatoms. The van der Waals surface area contributed by atoms with Crippen molar-refractivity contribution in [3.05, 3.63) is 48.8 Å². The Labute approximate surface area is 142 Å². The van der Waals surface area contributed by atoms with Gasteiger partial charge in [0.15, 0.2) is 0 Å². The van der Waals surface area contributed by atoms with Crippen LogP contribution in [-0.2, 0) is 14.8 Å². The highest BCUT2D eigenvalue weighted by molar-refractivity contribution is 7.89. The zero-order chi connectivity index (χ0) is 16.8. The standard InChI is InChI=1S/C17H21N3O3S/c21-24(22,19-9-10-20-11-13-23-14-12-20)17-3-1-15(2-4-17)16-5-7-18-8-6-16/h1-8,19H,9-14H2. The molecule has 1 aliphatic rings. The number of morpholine rings is 1. The molecule has 3 rings (SSSR count). The number of benzene rings is 1. The fraction of sp³-hybridized carbons (Fsp3) is 0.353. The van der Waals surface area contributed by atoms with Crippen LogP contribution >= 0.6 is 0 Å². The van der Waals surface area contributed by atoms with E-state index >= 15 is 0 Å². The van der Waals surface area contributed by atoms with Crippen LogP contribution in [0.5, 0.6) is 0 Å². The van der Waals surface area contributed by atoms with Crippen molar-refractivity contribution in [3.63, 3.8) is 0 Å². The molecule has 24 heavy (non-hydrogen) atoms. The van der Waals surface area contributed by atoms with Gasteiger partial charge in [0.25, 0.3) is 0 Å². The molecule has 128 valence electrons. The van der Waals surface area contributed by atoms with E-state index in [1.807, 2.05) is 24.3 Å². The summed E-state index contributed by atoms with van der Waals surface area (Å²) in [5.41, 5.74) is 1.97. The molecule has 0 radical (unpaired) electrons. The van der Waals surface area contributed by atoms with Gasteiger partial charge in [-0.25, -0.2) is 13.1 Å². The van der Waals surface area contributed by atoms with E-state index in [1.165, 1.54) is 0 Å². The third-order valence-corrected chi connectivity index (χ3v) is 5.48. The molecule has 0 aliphatic carbocycles. The summed E-state index contributed by atoms with van der Waals surface area (Å²) in [5.74, 6) is 0. The van der Waals surface area contributed by atoms with E-state index in [-0.39, 0.29) is 4.90 Å². The molecule has 1 aliphatic heterocycles. The van der Waals surface area contributed by atoms with Crippen LogP contribution in [0, 0.1) is 0 Å². The molecule has 0 saturated carbocycles. The molecule has 1 saturated heterocycles. The molecule has 1 aromatic heterocycles. The lowest BCUT2D eigenvalue weighted by atomic mass is 10.1. The quantitative estimate of drug-likeness (QED) is 0.854. The largest absolute Gasteiger partial charge is 0.379 e. The first-order valence-electron chi connectivity index (χ1n) is 7.95. The minimum absolute atomic E-state index is 0.280. The monoisotopic (exact) mass is 347 g/mol. The molecule has 1 fully saturated rings. The van der Waals surface area contributed by atoms with Gasteiger partial charge in [-0.2, -0.15) is 0 Å². The van der Waals surface area contributed by atoms with Gasteiger partial charge < -0.3 is 4.74 Å². The third-order valence-electron chi connectivity index (χ3n) is 4.00. The van der Waals surface area contributed by atoms with Crippen molar-refractivity contribution in [1.29, 1.82) is 0 Å². The highest BCUT2D eigenvalue weighted by Gasteiger charge is 2.15. The Morgan fingerprint density at radius 1 is 1.00 bits per heavy atom. The number of hydrogen-bond donors (Lipinski definition) is 1. The van der Waals surface area contributed by atoms with Crippen LogP contribution in [0.2, 0.25) is 0 Å². The zero-order valence-corrected chi connectivity index (χ0v) is 14.2. The average Bonchev–Trinajstić information content (AvgIpc) is 2.63. The molecule has 1 aromatic carbocycles. The van der Waals surface area contributed by atoms with E-state index in [0.29, 0.717) is 26.3 Å². The second-order valence-corrected chi connectivity index (χ2v) is 7.38. The molecule has 6 nitrogen and oxygen atoms in total. The molecular weight excluding hydrogens is 326 g/mol. The molecule has 2 heterocycles. The summed E-state index contributed by atoms with van der Waals surface area (Å²) in [4.78, 5) is 6.46. The van der Waals surface area contributed by atoms with Crippen molar-refractivity contribution >= 4 is 10.0 Å². The highest BCUT2D eigenvalue weighted by Crippen LogP contribution is 2.20. The molecule has 1 N–H and O–H groups in total. The number of pyridine rings is 1. The second-order valence-electron chi connectivity index (χ2n) is 5.61. The van der Waals surface area contributed by atoms with Crippen molar-refractivity contribution < 1.29 is 13.2 Å². The van der Waals surface area contributed by atoms with Crippen LogP contribution in [0.15, 0.2) is 53.7 Å². The van der Waals surface area contributed by atoms with Crippen molar-refractivity contribution in [3.8, 4) is 11.1 Å². The maximum atomic E-state index is 12.4. The number of hydrogen-bond acceptors (Lipinski definition) is 5. The Bertz CT molecular complexity index is 742. The van der Waals surface area contributed by atoms with Crippen LogP contribution in [0.3, 0.4) is 0 Å². The lowest BCUT2D eigenvalue weighted by Crippen LogP contribution is -2.41. The molecule has 2 aromatic rings. The van der Waals surface area contributed by atoms with Crippen molar-refractivity contribution in [2.45, 2.75) is 4.90 Å². The van der Waals surface area contributed by atoms with Gasteiger partial charge in [0.2, 0.25) is 10.0 Å². The number of rotatable bonds is 6. The number of ether oxygens (including phenoxy) is 1. The number of aromatic nitrogens is 1. The molecule has 0 unspecified atom stereocenters. The summed E-state index contributed by atoms with van der Waals surface area (Å²) in [6.07, 6.45) is 3.43. The van der Waals surface area contributed by atoms with E-state index in [2.05, 4.69) is 14.6 Å². The maximum absolute atomic E-state index is 12.4. The molecule has 0 atom stereocenters. The van der Waals surface area contributed by atoms with E-state index in [0.717, 1.165) is 24.2 Å². The first-order chi connectivity index (χ1) is 11.6. The minimum Gasteiger partial charge on any atom is -0.379 e. The second kappa shape index (κ2) is 7.85. The summed E-state index contributed by atoms with van der Waals surface area (Å²) in [7, 11) is -3.48. The Morgan fingerprint density at radius 3 is 2.29 bits per heavy atom. The van der Waals surface area contributed by atoms with Crippen LogP contribution < -0.4 is 4.72 Å². The van der Waals surface area contributed by atoms with Crippen LogP contribution in [0.4, 0.5) is 0 Å². The van der Waals surface area contributed by atoms with E-state index in [4.69, 9.17) is 4.74 Å². The third kappa shape index (κ3) is 4.39. The van der Waals surface area contributed by atoms with Gasteiger partial charge in [-0.3, -0.25) is 9.88 Å². The highest BCUT2D eigenvalue weighted by atomic mass is 32.2. The van der Waals surface area contributed by atoms with Crippen molar-refractivity contribution in [1.82, 2.24) is 14.6 Å². The van der Waals surface area contributed by atoms with Crippen molar-refractivity contribution in [2.75, 3.05) is 39.4 Å². The summed E-state index contributed by atoms with van der Waals surface area (Å²) >= 11 is 0. The van der Waals surface area contributed by atoms with Crippen LogP contribution in [-0.4, -0.2) is 57.7 Å². The fourth-order valence-corrected chi connectivity index (χ4v) is 3.64. The predicted molar refractivity (Wildman–Crippen MR) is 92.1 cm³/mol. The van der Waals surface area contributed by atoms with Gasteiger partial charge in [0.05, 0.1) is 18.1 Å². The smallest absolute Gasteiger partial charge is 0.240 e. The van der Waals surface area contributed by atoms with Gasteiger partial charge in [-0.15, -0.1) is 0 Å².